The maximum absolute atomic E-state index is 12.2. The minimum Gasteiger partial charge on any atom is -0.355 e. The van der Waals surface area contributed by atoms with E-state index in [0.717, 1.165) is 25.3 Å². The van der Waals surface area contributed by atoms with Crippen LogP contribution in [0.15, 0.2) is 30.3 Å². The Morgan fingerprint density at radius 3 is 2.43 bits per heavy atom. The molecule has 1 atom stereocenters. The number of benzene rings is 1. The number of halogens is 1. The highest BCUT2D eigenvalue weighted by Crippen LogP contribution is 2.23. The number of rotatable bonds is 9. The van der Waals surface area contributed by atoms with E-state index in [1.165, 1.54) is 5.56 Å². The van der Waals surface area contributed by atoms with E-state index in [2.05, 4.69) is 36.6 Å². The Kier molecular flexibility index (Phi) is 11.5. The third-order valence-electron chi connectivity index (χ3n) is 3.04. The molecule has 0 spiro atoms. The van der Waals surface area contributed by atoms with Crippen LogP contribution in [0.2, 0.25) is 0 Å². The molecule has 0 aliphatic carbocycles. The Bertz CT molecular complexity index is 387. The van der Waals surface area contributed by atoms with Crippen LogP contribution >= 0.6 is 24.2 Å². The fourth-order valence-corrected chi connectivity index (χ4v) is 3.09. The maximum Gasteiger partial charge on any atom is 0.233 e. The number of hydrogen-bond acceptors (Lipinski definition) is 3. The van der Waals surface area contributed by atoms with Crippen LogP contribution in [0.1, 0.15) is 25.8 Å². The molecule has 0 radical (unpaired) electrons. The lowest BCUT2D eigenvalue weighted by atomic mass is 10.1. The van der Waals surface area contributed by atoms with Crippen LogP contribution in [0, 0.1) is 5.92 Å². The van der Waals surface area contributed by atoms with Gasteiger partial charge in [-0.25, -0.2) is 0 Å². The first-order chi connectivity index (χ1) is 9.65. The molecule has 5 heteroatoms. The lowest BCUT2D eigenvalue weighted by molar-refractivity contribution is -0.121. The molecule has 2 N–H and O–H groups in total. The van der Waals surface area contributed by atoms with Crippen molar-refractivity contribution in [1.82, 2.24) is 10.6 Å². The second-order valence-corrected chi connectivity index (χ2v) is 6.34. The SMILES string of the molecule is CNCCCNC(=O)C(SCc1ccccc1)C(C)C.Cl. The molecule has 120 valence electrons. The largest absolute Gasteiger partial charge is 0.355 e. The molecule has 0 heterocycles. The molecule has 0 saturated carbocycles. The van der Waals surface area contributed by atoms with Crippen molar-refractivity contribution in [2.24, 2.45) is 5.92 Å². The summed E-state index contributed by atoms with van der Waals surface area (Å²) in [6.45, 7) is 5.89. The molecule has 0 saturated heterocycles. The zero-order valence-corrected chi connectivity index (χ0v) is 14.7. The van der Waals surface area contributed by atoms with Gasteiger partial charge in [0.1, 0.15) is 0 Å². The smallest absolute Gasteiger partial charge is 0.233 e. The maximum atomic E-state index is 12.2. The Morgan fingerprint density at radius 1 is 1.19 bits per heavy atom. The van der Waals surface area contributed by atoms with Gasteiger partial charge >= 0.3 is 0 Å². The highest BCUT2D eigenvalue weighted by Gasteiger charge is 2.22. The highest BCUT2D eigenvalue weighted by molar-refractivity contribution is 7.99. The summed E-state index contributed by atoms with van der Waals surface area (Å²) in [7, 11) is 1.93. The molecule has 1 unspecified atom stereocenters. The van der Waals surface area contributed by atoms with Gasteiger partial charge in [-0.15, -0.1) is 24.2 Å². The second-order valence-electron chi connectivity index (χ2n) is 5.21. The Morgan fingerprint density at radius 2 is 1.86 bits per heavy atom. The Balaban J connectivity index is 0.00000400. The van der Waals surface area contributed by atoms with E-state index in [1.807, 2.05) is 25.2 Å². The van der Waals surface area contributed by atoms with Gasteiger partial charge in [0.15, 0.2) is 0 Å². The van der Waals surface area contributed by atoms with Crippen molar-refractivity contribution in [3.05, 3.63) is 35.9 Å². The van der Waals surface area contributed by atoms with Crippen LogP contribution in [-0.2, 0) is 10.5 Å². The molecule has 1 amide bonds. The molecule has 0 aromatic heterocycles. The van der Waals surface area contributed by atoms with Crippen molar-refractivity contribution in [1.29, 1.82) is 0 Å². The average molecular weight is 331 g/mol. The molecule has 21 heavy (non-hydrogen) atoms. The molecular weight excluding hydrogens is 304 g/mol. The minimum atomic E-state index is 0. The molecule has 0 aliphatic rings. The Hall–Kier alpha value is -0.710. The number of nitrogens with one attached hydrogen (secondary N) is 2. The average Bonchev–Trinajstić information content (AvgIpc) is 2.44. The summed E-state index contributed by atoms with van der Waals surface area (Å²) >= 11 is 1.73. The second kappa shape index (κ2) is 11.9. The van der Waals surface area contributed by atoms with Crippen molar-refractivity contribution in [2.75, 3.05) is 20.1 Å². The van der Waals surface area contributed by atoms with E-state index < -0.39 is 0 Å². The highest BCUT2D eigenvalue weighted by atomic mass is 35.5. The lowest BCUT2D eigenvalue weighted by Gasteiger charge is -2.20. The quantitative estimate of drug-likeness (QED) is 0.684. The number of thioether (sulfide) groups is 1. The van der Waals surface area contributed by atoms with Crippen molar-refractivity contribution < 1.29 is 4.79 Å². The standard InChI is InChI=1S/C16H26N2OS.ClH/c1-13(2)15(16(19)18-11-7-10-17-3)20-12-14-8-5-4-6-9-14;/h4-6,8-9,13,15,17H,7,10-12H2,1-3H3,(H,18,19);1H. The number of carbonyl (C=O) groups is 1. The van der Waals surface area contributed by atoms with Gasteiger partial charge in [-0.2, -0.15) is 0 Å². The molecule has 0 fully saturated rings. The van der Waals surface area contributed by atoms with Crippen molar-refractivity contribution in [3.63, 3.8) is 0 Å². The lowest BCUT2D eigenvalue weighted by Crippen LogP contribution is -2.37. The van der Waals surface area contributed by atoms with Gasteiger partial charge in [-0.3, -0.25) is 4.79 Å². The summed E-state index contributed by atoms with van der Waals surface area (Å²) in [5.41, 5.74) is 1.27. The monoisotopic (exact) mass is 330 g/mol. The topological polar surface area (TPSA) is 41.1 Å². The van der Waals surface area contributed by atoms with Gasteiger partial charge in [-0.05, 0) is 31.5 Å². The third-order valence-corrected chi connectivity index (χ3v) is 4.66. The van der Waals surface area contributed by atoms with E-state index in [9.17, 15) is 4.79 Å². The van der Waals surface area contributed by atoms with Crippen molar-refractivity contribution in [2.45, 2.75) is 31.3 Å². The first-order valence-electron chi connectivity index (χ1n) is 7.23. The molecule has 1 aromatic rings. The number of amides is 1. The number of carbonyl (C=O) groups excluding carboxylic acids is 1. The normalized spacial score (nSPS) is 11.8. The van der Waals surface area contributed by atoms with Crippen LogP contribution in [0.3, 0.4) is 0 Å². The van der Waals surface area contributed by atoms with E-state index in [4.69, 9.17) is 0 Å². The van der Waals surface area contributed by atoms with E-state index in [1.54, 1.807) is 11.8 Å². The molecular formula is C16H27ClN2OS. The van der Waals surface area contributed by atoms with Gasteiger partial charge in [-0.1, -0.05) is 44.2 Å². The molecule has 1 rings (SSSR count). The Labute approximate surface area is 139 Å². The van der Waals surface area contributed by atoms with E-state index in [-0.39, 0.29) is 23.6 Å². The molecule has 0 aliphatic heterocycles. The van der Waals surface area contributed by atoms with Gasteiger partial charge in [0.2, 0.25) is 5.91 Å². The zero-order valence-electron chi connectivity index (χ0n) is 13.1. The predicted octanol–water partition coefficient (Wildman–Crippen LogP) is 3.09. The van der Waals surface area contributed by atoms with Crippen molar-refractivity contribution >= 4 is 30.1 Å². The molecule has 1 aromatic carbocycles. The summed E-state index contributed by atoms with van der Waals surface area (Å²) in [5.74, 6) is 1.39. The molecule has 3 nitrogen and oxygen atoms in total. The summed E-state index contributed by atoms with van der Waals surface area (Å²) in [6, 6.07) is 10.3. The van der Waals surface area contributed by atoms with Crippen LogP contribution in [0.25, 0.3) is 0 Å². The fourth-order valence-electron chi connectivity index (χ4n) is 1.91. The van der Waals surface area contributed by atoms with Crippen LogP contribution in [0.4, 0.5) is 0 Å². The summed E-state index contributed by atoms with van der Waals surface area (Å²) in [5, 5.41) is 6.14. The first kappa shape index (κ1) is 20.3. The predicted molar refractivity (Wildman–Crippen MR) is 95.2 cm³/mol. The van der Waals surface area contributed by atoms with Gasteiger partial charge < -0.3 is 10.6 Å². The van der Waals surface area contributed by atoms with Gasteiger partial charge in [0.25, 0.3) is 0 Å². The fraction of sp³-hybridized carbons (Fsp3) is 0.562. The zero-order chi connectivity index (χ0) is 14.8. The van der Waals surface area contributed by atoms with Crippen molar-refractivity contribution in [3.8, 4) is 0 Å². The van der Waals surface area contributed by atoms with Crippen LogP contribution in [-0.4, -0.2) is 31.3 Å². The number of hydrogen-bond donors (Lipinski definition) is 2. The molecule has 0 bridgehead atoms. The summed E-state index contributed by atoms with van der Waals surface area (Å²) in [6.07, 6.45) is 0.969. The van der Waals surface area contributed by atoms with Crippen LogP contribution < -0.4 is 10.6 Å². The van der Waals surface area contributed by atoms with E-state index in [0.29, 0.717) is 5.92 Å². The van der Waals surface area contributed by atoms with E-state index >= 15 is 0 Å². The van der Waals surface area contributed by atoms with Gasteiger partial charge in [0.05, 0.1) is 5.25 Å². The first-order valence-corrected chi connectivity index (χ1v) is 8.28. The van der Waals surface area contributed by atoms with Crippen LogP contribution in [0.5, 0.6) is 0 Å². The minimum absolute atomic E-state index is 0. The van der Waals surface area contributed by atoms with Gasteiger partial charge in [0, 0.05) is 12.3 Å². The summed E-state index contributed by atoms with van der Waals surface area (Å²) in [4.78, 5) is 12.2. The third kappa shape index (κ3) is 8.34. The summed E-state index contributed by atoms with van der Waals surface area (Å²) < 4.78 is 0.